The van der Waals surface area contributed by atoms with E-state index in [-0.39, 0.29) is 18.0 Å². The molecule has 8 heteroatoms. The number of sulfonamides is 1. The second-order valence-corrected chi connectivity index (χ2v) is 6.31. The van der Waals surface area contributed by atoms with Crippen molar-refractivity contribution in [3.8, 4) is 0 Å². The van der Waals surface area contributed by atoms with Crippen molar-refractivity contribution in [3.63, 3.8) is 0 Å². The first-order valence-corrected chi connectivity index (χ1v) is 7.86. The molecule has 0 aliphatic carbocycles. The lowest BCUT2D eigenvalue weighted by atomic mass is 10.2. The highest BCUT2D eigenvalue weighted by atomic mass is 32.2. The third-order valence-electron chi connectivity index (χ3n) is 3.08. The number of halogens is 1. The quantitative estimate of drug-likeness (QED) is 0.814. The molecule has 0 aliphatic heterocycles. The van der Waals surface area contributed by atoms with E-state index < -0.39 is 15.8 Å². The third kappa shape index (κ3) is 3.66. The van der Waals surface area contributed by atoms with E-state index in [4.69, 9.17) is 5.73 Å². The molecule has 2 rings (SSSR count). The van der Waals surface area contributed by atoms with Crippen molar-refractivity contribution < 1.29 is 12.8 Å². The minimum absolute atomic E-state index is 0.144. The van der Waals surface area contributed by atoms with Gasteiger partial charge < -0.3 is 10.3 Å². The van der Waals surface area contributed by atoms with Crippen molar-refractivity contribution in [3.05, 3.63) is 47.8 Å². The Morgan fingerprint density at radius 1 is 1.43 bits per heavy atom. The number of rotatable bonds is 6. The van der Waals surface area contributed by atoms with Crippen LogP contribution in [0, 0.1) is 5.82 Å². The second-order valence-electron chi connectivity index (χ2n) is 4.57. The molecule has 3 N–H and O–H groups in total. The van der Waals surface area contributed by atoms with E-state index >= 15 is 0 Å². The number of hydrogen-bond donors (Lipinski definition) is 2. The molecule has 0 amide bonds. The smallest absolute Gasteiger partial charge is 0.243 e. The third-order valence-corrected chi connectivity index (χ3v) is 4.58. The van der Waals surface area contributed by atoms with Gasteiger partial charge in [-0.3, -0.25) is 0 Å². The summed E-state index contributed by atoms with van der Waals surface area (Å²) in [6, 6.07) is 3.85. The Bertz CT molecular complexity index is 728. The summed E-state index contributed by atoms with van der Waals surface area (Å²) in [6.07, 6.45) is 3.83. The van der Waals surface area contributed by atoms with Gasteiger partial charge in [0.15, 0.2) is 0 Å². The minimum Gasteiger partial charge on any atom is -0.338 e. The van der Waals surface area contributed by atoms with E-state index in [0.717, 1.165) is 11.9 Å². The first-order valence-electron chi connectivity index (χ1n) is 6.38. The van der Waals surface area contributed by atoms with Crippen LogP contribution < -0.4 is 10.5 Å². The van der Waals surface area contributed by atoms with Crippen molar-refractivity contribution in [2.45, 2.75) is 17.9 Å². The van der Waals surface area contributed by atoms with Crippen LogP contribution in [0.15, 0.2) is 35.5 Å². The maximum Gasteiger partial charge on any atom is 0.243 e. The number of benzene rings is 1. The van der Waals surface area contributed by atoms with Crippen molar-refractivity contribution in [2.24, 2.45) is 12.8 Å². The van der Waals surface area contributed by atoms with Gasteiger partial charge in [0.05, 0.1) is 0 Å². The predicted octanol–water partition coefficient (Wildman–Crippen LogP) is 0.539. The predicted molar refractivity (Wildman–Crippen MR) is 76.4 cm³/mol. The maximum atomic E-state index is 13.8. The minimum atomic E-state index is -3.88. The fourth-order valence-corrected chi connectivity index (χ4v) is 2.99. The molecule has 1 aromatic heterocycles. The van der Waals surface area contributed by atoms with Crippen LogP contribution in [0.3, 0.4) is 0 Å². The number of nitrogens with one attached hydrogen (secondary N) is 1. The monoisotopic (exact) mass is 312 g/mol. The van der Waals surface area contributed by atoms with Gasteiger partial charge in [-0.25, -0.2) is 22.5 Å². The highest BCUT2D eigenvalue weighted by Crippen LogP contribution is 2.15. The summed E-state index contributed by atoms with van der Waals surface area (Å²) in [5.41, 5.74) is 5.93. The van der Waals surface area contributed by atoms with Crippen LogP contribution in [0.1, 0.15) is 11.4 Å². The fraction of sp³-hybridized carbons (Fsp3) is 0.308. The molecular weight excluding hydrogens is 295 g/mol. The first kappa shape index (κ1) is 15.6. The van der Waals surface area contributed by atoms with Gasteiger partial charge in [0.25, 0.3) is 0 Å². The number of nitrogens with zero attached hydrogens (tertiary/aromatic N) is 2. The molecule has 1 aromatic carbocycles. The Morgan fingerprint density at radius 3 is 2.76 bits per heavy atom. The molecule has 114 valence electrons. The van der Waals surface area contributed by atoms with Crippen LogP contribution in [-0.2, 0) is 30.0 Å². The van der Waals surface area contributed by atoms with Crippen LogP contribution in [0.2, 0.25) is 0 Å². The summed E-state index contributed by atoms with van der Waals surface area (Å²) in [7, 11) is -2.06. The molecule has 0 radical (unpaired) electrons. The number of aromatic nitrogens is 2. The van der Waals surface area contributed by atoms with Crippen molar-refractivity contribution in [1.82, 2.24) is 14.3 Å². The summed E-state index contributed by atoms with van der Waals surface area (Å²) < 4.78 is 42.1. The SMILES string of the molecule is Cn1ccnc1CCNS(=O)(=O)c1ccc(CN)cc1F. The Kier molecular flexibility index (Phi) is 4.71. The molecule has 1 heterocycles. The van der Waals surface area contributed by atoms with E-state index in [1.54, 1.807) is 17.0 Å². The number of imidazole rings is 1. The molecule has 0 fully saturated rings. The summed E-state index contributed by atoms with van der Waals surface area (Å²) >= 11 is 0. The standard InChI is InChI=1S/C13H17FN4O2S/c1-18-7-6-16-13(18)4-5-17-21(19,20)12-3-2-10(9-15)8-11(12)14/h2-3,6-8,17H,4-5,9,15H2,1H3. The molecule has 21 heavy (non-hydrogen) atoms. The second kappa shape index (κ2) is 6.33. The highest BCUT2D eigenvalue weighted by Gasteiger charge is 2.18. The van der Waals surface area contributed by atoms with Gasteiger partial charge in [-0.15, -0.1) is 0 Å². The van der Waals surface area contributed by atoms with E-state index in [2.05, 4.69) is 9.71 Å². The van der Waals surface area contributed by atoms with Gasteiger partial charge in [-0.1, -0.05) is 6.07 Å². The lowest BCUT2D eigenvalue weighted by molar-refractivity contribution is 0.555. The van der Waals surface area contributed by atoms with E-state index in [0.29, 0.717) is 12.0 Å². The van der Waals surface area contributed by atoms with Gasteiger partial charge in [-0.2, -0.15) is 0 Å². The summed E-state index contributed by atoms with van der Waals surface area (Å²) in [5, 5.41) is 0. The van der Waals surface area contributed by atoms with Gasteiger partial charge >= 0.3 is 0 Å². The van der Waals surface area contributed by atoms with Gasteiger partial charge in [0, 0.05) is 39.0 Å². The molecule has 0 spiro atoms. The number of hydrogen-bond acceptors (Lipinski definition) is 4. The van der Waals surface area contributed by atoms with Gasteiger partial charge in [0.2, 0.25) is 10.0 Å². The van der Waals surface area contributed by atoms with Gasteiger partial charge in [-0.05, 0) is 17.7 Å². The van der Waals surface area contributed by atoms with Crippen LogP contribution in [0.5, 0.6) is 0 Å². The average Bonchev–Trinajstić information content (AvgIpc) is 2.83. The molecular formula is C13H17FN4O2S. The average molecular weight is 312 g/mol. The lowest BCUT2D eigenvalue weighted by Crippen LogP contribution is -2.27. The van der Waals surface area contributed by atoms with E-state index in [1.807, 2.05) is 7.05 Å². The summed E-state index contributed by atoms with van der Waals surface area (Å²) in [5.74, 6) is -0.0564. The van der Waals surface area contributed by atoms with Crippen molar-refractivity contribution in [2.75, 3.05) is 6.54 Å². The molecule has 6 nitrogen and oxygen atoms in total. The molecule has 2 aromatic rings. The molecule has 0 atom stereocenters. The molecule has 0 unspecified atom stereocenters. The Balaban J connectivity index is 2.06. The molecule has 0 saturated carbocycles. The Morgan fingerprint density at radius 2 is 2.19 bits per heavy atom. The molecule has 0 aliphatic rings. The van der Waals surface area contributed by atoms with Crippen LogP contribution in [-0.4, -0.2) is 24.5 Å². The number of aryl methyl sites for hydroxylation is 1. The van der Waals surface area contributed by atoms with Crippen LogP contribution >= 0.6 is 0 Å². The number of nitrogens with two attached hydrogens (primary N) is 1. The van der Waals surface area contributed by atoms with E-state index in [1.165, 1.54) is 12.1 Å². The topological polar surface area (TPSA) is 90.0 Å². The van der Waals surface area contributed by atoms with Crippen LogP contribution in [0.4, 0.5) is 4.39 Å². The fourth-order valence-electron chi connectivity index (χ4n) is 1.90. The summed E-state index contributed by atoms with van der Waals surface area (Å²) in [6.45, 7) is 0.301. The molecule has 0 bridgehead atoms. The molecule has 0 saturated heterocycles. The largest absolute Gasteiger partial charge is 0.338 e. The zero-order chi connectivity index (χ0) is 15.5. The Labute approximate surface area is 122 Å². The Hall–Kier alpha value is -1.77. The van der Waals surface area contributed by atoms with Crippen LogP contribution in [0.25, 0.3) is 0 Å². The zero-order valence-corrected chi connectivity index (χ0v) is 12.4. The zero-order valence-electron chi connectivity index (χ0n) is 11.6. The lowest BCUT2D eigenvalue weighted by Gasteiger charge is -2.08. The maximum absolute atomic E-state index is 13.8. The highest BCUT2D eigenvalue weighted by molar-refractivity contribution is 7.89. The first-order chi connectivity index (χ1) is 9.94. The van der Waals surface area contributed by atoms with Gasteiger partial charge in [0.1, 0.15) is 16.5 Å². The van der Waals surface area contributed by atoms with Crippen molar-refractivity contribution in [1.29, 1.82) is 0 Å². The summed E-state index contributed by atoms with van der Waals surface area (Å²) in [4.78, 5) is 3.71. The van der Waals surface area contributed by atoms with E-state index in [9.17, 15) is 12.8 Å². The normalized spacial score (nSPS) is 11.8. The van der Waals surface area contributed by atoms with Crippen molar-refractivity contribution >= 4 is 10.0 Å².